The molecule has 0 unspecified atom stereocenters. The van der Waals surface area contributed by atoms with Crippen molar-refractivity contribution in [3.63, 3.8) is 0 Å². The monoisotopic (exact) mass is 661 g/mol. The summed E-state index contributed by atoms with van der Waals surface area (Å²) in [6.45, 7) is 5.61. The van der Waals surface area contributed by atoms with Crippen molar-refractivity contribution >= 4 is 43.5 Å². The molecule has 0 saturated carbocycles. The number of anilines is 1. The summed E-state index contributed by atoms with van der Waals surface area (Å²) >= 11 is 3.50. The second-order valence-corrected chi connectivity index (χ2v) is 13.2. The van der Waals surface area contributed by atoms with Gasteiger partial charge in [-0.2, -0.15) is 0 Å². The van der Waals surface area contributed by atoms with Crippen LogP contribution in [0, 0.1) is 13.8 Å². The molecule has 0 aliphatic rings. The minimum atomic E-state index is -4.13. The Morgan fingerprint density at radius 2 is 1.42 bits per heavy atom. The lowest BCUT2D eigenvalue weighted by Crippen LogP contribution is -2.53. The van der Waals surface area contributed by atoms with Gasteiger partial charge < -0.3 is 10.2 Å². The normalized spacial score (nSPS) is 11.9. The molecular formula is C34H36BrN3O4S. The molecule has 1 N–H and O–H groups in total. The second-order valence-electron chi connectivity index (χ2n) is 10.4. The molecule has 9 heteroatoms. The molecule has 0 aliphatic carbocycles. The van der Waals surface area contributed by atoms with Crippen molar-refractivity contribution in [2.75, 3.05) is 17.4 Å². The van der Waals surface area contributed by atoms with Gasteiger partial charge in [-0.3, -0.25) is 13.9 Å². The summed E-state index contributed by atoms with van der Waals surface area (Å²) in [5.41, 5.74) is 3.80. The van der Waals surface area contributed by atoms with E-state index >= 15 is 0 Å². The van der Waals surface area contributed by atoms with Crippen molar-refractivity contribution in [2.24, 2.45) is 0 Å². The highest BCUT2D eigenvalue weighted by molar-refractivity contribution is 9.10. The maximum Gasteiger partial charge on any atom is 0.264 e. The number of carbonyl (C=O) groups is 2. The summed E-state index contributed by atoms with van der Waals surface area (Å²) in [5, 5.41) is 2.88. The Bertz CT molecular complexity index is 1640. The minimum absolute atomic E-state index is 0.0741. The number of nitrogens with one attached hydrogen (secondary N) is 1. The number of sulfonamides is 1. The summed E-state index contributed by atoms with van der Waals surface area (Å²) in [5.74, 6) is -0.801. The molecule has 0 radical (unpaired) electrons. The molecule has 0 heterocycles. The Hall–Kier alpha value is -3.95. The van der Waals surface area contributed by atoms with Crippen LogP contribution in [-0.2, 0) is 32.6 Å². The Balaban J connectivity index is 1.81. The quantitative estimate of drug-likeness (QED) is 0.201. The molecule has 2 amide bonds. The third kappa shape index (κ3) is 8.33. The van der Waals surface area contributed by atoms with Gasteiger partial charge in [0.15, 0.2) is 0 Å². The predicted molar refractivity (Wildman–Crippen MR) is 174 cm³/mol. The number of halogens is 1. The zero-order chi connectivity index (χ0) is 31.0. The van der Waals surface area contributed by atoms with E-state index in [4.69, 9.17) is 0 Å². The first-order chi connectivity index (χ1) is 20.6. The van der Waals surface area contributed by atoms with Crippen molar-refractivity contribution in [3.8, 4) is 0 Å². The summed E-state index contributed by atoms with van der Waals surface area (Å²) in [6, 6.07) is 29.7. The number of nitrogens with zero attached hydrogens (tertiary/aromatic N) is 2. The summed E-state index contributed by atoms with van der Waals surface area (Å²) in [4.78, 5) is 29.6. The van der Waals surface area contributed by atoms with Gasteiger partial charge >= 0.3 is 0 Å². The van der Waals surface area contributed by atoms with Gasteiger partial charge in [0.05, 0.1) is 10.6 Å². The molecule has 4 aromatic carbocycles. The molecule has 4 rings (SSSR count). The fraction of sp³-hybridized carbons (Fsp3) is 0.235. The van der Waals surface area contributed by atoms with E-state index in [1.807, 2.05) is 81.4 Å². The average Bonchev–Trinajstić information content (AvgIpc) is 2.98. The van der Waals surface area contributed by atoms with E-state index in [0.717, 1.165) is 31.0 Å². The van der Waals surface area contributed by atoms with Gasteiger partial charge in [0.25, 0.3) is 10.0 Å². The third-order valence-corrected chi connectivity index (χ3v) is 9.25. The van der Waals surface area contributed by atoms with Crippen LogP contribution in [0.1, 0.15) is 29.2 Å². The number of hydrogen-bond donors (Lipinski definition) is 1. The number of rotatable bonds is 12. The highest BCUT2D eigenvalue weighted by Crippen LogP contribution is 2.27. The number of likely N-dealkylation sites (N-methyl/N-ethyl adjacent to an activating group) is 1. The van der Waals surface area contributed by atoms with Crippen LogP contribution in [0.15, 0.2) is 112 Å². The summed E-state index contributed by atoms with van der Waals surface area (Å²) in [7, 11) is -4.13. The zero-order valence-corrected chi connectivity index (χ0v) is 26.9. The lowest BCUT2D eigenvalue weighted by Gasteiger charge is -2.34. The number of amides is 2. The number of aryl methyl sites for hydroxylation is 2. The Labute approximate surface area is 262 Å². The zero-order valence-electron chi connectivity index (χ0n) is 24.5. The van der Waals surface area contributed by atoms with Crippen molar-refractivity contribution in [2.45, 2.75) is 44.7 Å². The molecule has 0 saturated heterocycles. The smallest absolute Gasteiger partial charge is 0.264 e. The van der Waals surface area contributed by atoms with Gasteiger partial charge in [-0.1, -0.05) is 82.7 Å². The predicted octanol–water partition coefficient (Wildman–Crippen LogP) is 6.04. The van der Waals surface area contributed by atoms with Crippen LogP contribution < -0.4 is 9.62 Å². The van der Waals surface area contributed by atoms with E-state index < -0.39 is 28.5 Å². The maximum atomic E-state index is 14.4. The topological polar surface area (TPSA) is 86.8 Å². The molecule has 0 fully saturated rings. The van der Waals surface area contributed by atoms with Crippen LogP contribution in [0.5, 0.6) is 0 Å². The molecule has 0 aliphatic heterocycles. The van der Waals surface area contributed by atoms with Crippen LogP contribution >= 0.6 is 15.9 Å². The van der Waals surface area contributed by atoms with Crippen molar-refractivity contribution in [3.05, 3.63) is 130 Å². The molecule has 0 spiro atoms. The van der Waals surface area contributed by atoms with E-state index in [1.54, 1.807) is 30.3 Å². The molecular weight excluding hydrogens is 626 g/mol. The standard InChI is InChI=1S/C34H36BrN3O4S/c1-4-36-34(40)32(22-27-12-7-5-8-13-27)37(23-28-14-11-15-29(35)21-28)33(39)24-38(30-19-25(2)18-26(3)20-30)43(41,42)31-16-9-6-10-17-31/h5-21,32H,4,22-24H2,1-3H3,(H,36,40)/t32-/m0/s1. The van der Waals surface area contributed by atoms with Crippen molar-refractivity contribution in [1.29, 1.82) is 0 Å². The fourth-order valence-corrected chi connectivity index (χ4v) is 6.89. The lowest BCUT2D eigenvalue weighted by molar-refractivity contribution is -0.140. The second kappa shape index (κ2) is 14.5. The van der Waals surface area contributed by atoms with Crippen LogP contribution in [-0.4, -0.2) is 44.3 Å². The third-order valence-electron chi connectivity index (χ3n) is 6.97. The van der Waals surface area contributed by atoms with E-state index in [-0.39, 0.29) is 23.8 Å². The van der Waals surface area contributed by atoms with Crippen molar-refractivity contribution < 1.29 is 18.0 Å². The van der Waals surface area contributed by atoms with E-state index in [1.165, 1.54) is 17.0 Å². The van der Waals surface area contributed by atoms with Crippen molar-refractivity contribution in [1.82, 2.24) is 10.2 Å². The molecule has 1 atom stereocenters. The summed E-state index contributed by atoms with van der Waals surface area (Å²) < 4.78 is 30.1. The van der Waals surface area contributed by atoms with Crippen LogP contribution in [0.25, 0.3) is 0 Å². The lowest BCUT2D eigenvalue weighted by atomic mass is 10.0. The van der Waals surface area contributed by atoms with Gasteiger partial charge in [-0.05, 0) is 79.4 Å². The number of carbonyl (C=O) groups excluding carboxylic acids is 2. The average molecular weight is 663 g/mol. The molecule has 0 aromatic heterocycles. The van der Waals surface area contributed by atoms with Gasteiger partial charge in [0, 0.05) is 24.0 Å². The van der Waals surface area contributed by atoms with E-state index in [0.29, 0.717) is 12.2 Å². The highest BCUT2D eigenvalue weighted by Gasteiger charge is 2.34. The fourth-order valence-electron chi connectivity index (χ4n) is 5.02. The first kappa shape index (κ1) is 32.0. The first-order valence-electron chi connectivity index (χ1n) is 14.1. The van der Waals surface area contributed by atoms with Crippen LogP contribution in [0.4, 0.5) is 5.69 Å². The molecule has 4 aromatic rings. The van der Waals surface area contributed by atoms with Gasteiger partial charge in [-0.25, -0.2) is 8.42 Å². The highest BCUT2D eigenvalue weighted by atomic mass is 79.9. The first-order valence-corrected chi connectivity index (χ1v) is 16.3. The van der Waals surface area contributed by atoms with E-state index in [2.05, 4.69) is 21.2 Å². The number of hydrogen-bond acceptors (Lipinski definition) is 4. The maximum absolute atomic E-state index is 14.4. The molecule has 224 valence electrons. The molecule has 0 bridgehead atoms. The van der Waals surface area contributed by atoms with Gasteiger partial charge in [-0.15, -0.1) is 0 Å². The van der Waals surface area contributed by atoms with Gasteiger partial charge in [0.1, 0.15) is 12.6 Å². The molecule has 43 heavy (non-hydrogen) atoms. The van der Waals surface area contributed by atoms with E-state index in [9.17, 15) is 18.0 Å². The van der Waals surface area contributed by atoms with Crippen LogP contribution in [0.2, 0.25) is 0 Å². The van der Waals surface area contributed by atoms with Crippen LogP contribution in [0.3, 0.4) is 0 Å². The largest absolute Gasteiger partial charge is 0.355 e. The molecule has 7 nitrogen and oxygen atoms in total. The number of benzene rings is 4. The summed E-state index contributed by atoms with van der Waals surface area (Å²) in [6.07, 6.45) is 0.265. The minimum Gasteiger partial charge on any atom is -0.355 e. The van der Waals surface area contributed by atoms with Gasteiger partial charge in [0.2, 0.25) is 11.8 Å². The Kier molecular flexibility index (Phi) is 10.8. The Morgan fingerprint density at radius 3 is 2.02 bits per heavy atom. The SMILES string of the molecule is CCNC(=O)[C@H](Cc1ccccc1)N(Cc1cccc(Br)c1)C(=O)CN(c1cc(C)cc(C)c1)S(=O)(=O)c1ccccc1. The Morgan fingerprint density at radius 1 is 0.814 bits per heavy atom.